The molecule has 2 aromatic rings. The summed E-state index contributed by atoms with van der Waals surface area (Å²) in [6, 6.07) is 3.61. The normalized spacial score (nSPS) is 10.3. The van der Waals surface area contributed by atoms with Crippen LogP contribution in [0.5, 0.6) is 11.5 Å². The van der Waals surface area contributed by atoms with E-state index in [1.165, 1.54) is 6.39 Å². The van der Waals surface area contributed by atoms with Gasteiger partial charge in [-0.05, 0) is 12.1 Å². The van der Waals surface area contributed by atoms with E-state index < -0.39 is 0 Å². The average Bonchev–Trinajstić information content (AvgIpc) is 2.63. The third-order valence-electron chi connectivity index (χ3n) is 1.84. The molecule has 1 aromatic carbocycles. The summed E-state index contributed by atoms with van der Waals surface area (Å²) >= 11 is 0. The van der Waals surface area contributed by atoms with Crippen LogP contribution < -0.4 is 9.47 Å². The Hall–Kier alpha value is -1.71. The fourth-order valence-electron chi connectivity index (χ4n) is 1.24. The molecule has 0 aliphatic rings. The molecule has 68 valence electrons. The summed E-state index contributed by atoms with van der Waals surface area (Å²) in [5.41, 5.74) is 1.37. The molecule has 0 aliphatic carbocycles. The number of ether oxygens (including phenoxy) is 2. The van der Waals surface area contributed by atoms with E-state index in [9.17, 15) is 0 Å². The topological polar surface area (TPSA) is 44.5 Å². The van der Waals surface area contributed by atoms with Gasteiger partial charge in [0.1, 0.15) is 5.52 Å². The third-order valence-corrected chi connectivity index (χ3v) is 1.84. The molecule has 2 rings (SSSR count). The maximum atomic E-state index is 5.17. The number of rotatable bonds is 2. The predicted molar refractivity (Wildman–Crippen MR) is 47.1 cm³/mol. The zero-order valence-corrected chi connectivity index (χ0v) is 7.40. The molecule has 0 spiro atoms. The largest absolute Gasteiger partial charge is 0.493 e. The molecule has 0 bridgehead atoms. The summed E-state index contributed by atoms with van der Waals surface area (Å²) in [5.74, 6) is 1.23. The van der Waals surface area contributed by atoms with E-state index in [0.29, 0.717) is 17.1 Å². The van der Waals surface area contributed by atoms with Crippen molar-refractivity contribution in [3.8, 4) is 11.5 Å². The van der Waals surface area contributed by atoms with E-state index in [4.69, 9.17) is 13.9 Å². The minimum absolute atomic E-state index is 0.581. The predicted octanol–water partition coefficient (Wildman–Crippen LogP) is 1.84. The van der Waals surface area contributed by atoms with Gasteiger partial charge in [0, 0.05) is 0 Å². The first-order valence-corrected chi connectivity index (χ1v) is 3.81. The summed E-state index contributed by atoms with van der Waals surface area (Å²) in [4.78, 5) is 4.00. The second-order valence-corrected chi connectivity index (χ2v) is 2.50. The number of aromatic nitrogens is 1. The first-order valence-electron chi connectivity index (χ1n) is 3.81. The van der Waals surface area contributed by atoms with E-state index in [0.717, 1.165) is 5.52 Å². The molecular formula is C9H9NO3. The Morgan fingerprint density at radius 1 is 1.23 bits per heavy atom. The second kappa shape index (κ2) is 2.97. The molecule has 0 aliphatic heterocycles. The molecule has 1 heterocycles. The van der Waals surface area contributed by atoms with E-state index in [-0.39, 0.29) is 0 Å². The number of nitrogens with zero attached hydrogens (tertiary/aromatic N) is 1. The molecular weight excluding hydrogens is 170 g/mol. The van der Waals surface area contributed by atoms with Gasteiger partial charge in [0.2, 0.25) is 5.75 Å². The zero-order chi connectivity index (χ0) is 9.26. The lowest BCUT2D eigenvalue weighted by Crippen LogP contribution is -1.90. The Bertz CT molecular complexity index is 422. The molecule has 4 nitrogen and oxygen atoms in total. The highest BCUT2D eigenvalue weighted by atomic mass is 16.5. The second-order valence-electron chi connectivity index (χ2n) is 2.50. The van der Waals surface area contributed by atoms with E-state index in [1.807, 2.05) is 6.07 Å². The Morgan fingerprint density at radius 2 is 2.08 bits per heavy atom. The molecule has 0 saturated carbocycles. The first kappa shape index (κ1) is 7.91. The number of methoxy groups -OCH3 is 2. The van der Waals surface area contributed by atoms with Crippen LogP contribution in [0.15, 0.2) is 22.9 Å². The first-order chi connectivity index (χ1) is 6.36. The number of oxazole rings is 1. The highest BCUT2D eigenvalue weighted by Gasteiger charge is 2.11. The molecule has 0 atom stereocenters. The van der Waals surface area contributed by atoms with Gasteiger partial charge >= 0.3 is 0 Å². The molecule has 0 amide bonds. The van der Waals surface area contributed by atoms with Crippen LogP contribution in [0.3, 0.4) is 0 Å². The number of fused-ring (bicyclic) bond motifs is 1. The van der Waals surface area contributed by atoms with Crippen LogP contribution in [-0.4, -0.2) is 19.2 Å². The Kier molecular flexibility index (Phi) is 1.81. The molecule has 0 N–H and O–H groups in total. The van der Waals surface area contributed by atoms with Gasteiger partial charge in [0.15, 0.2) is 17.7 Å². The number of hydrogen-bond donors (Lipinski definition) is 0. The maximum Gasteiger partial charge on any atom is 0.206 e. The van der Waals surface area contributed by atoms with Gasteiger partial charge in [-0.3, -0.25) is 0 Å². The maximum absolute atomic E-state index is 5.17. The smallest absolute Gasteiger partial charge is 0.206 e. The number of benzene rings is 1. The van der Waals surface area contributed by atoms with E-state index in [1.54, 1.807) is 20.3 Å². The minimum atomic E-state index is 0.581. The van der Waals surface area contributed by atoms with Crippen molar-refractivity contribution in [2.75, 3.05) is 14.2 Å². The molecule has 13 heavy (non-hydrogen) atoms. The molecule has 4 heteroatoms. The lowest BCUT2D eigenvalue weighted by Gasteiger charge is -2.05. The monoisotopic (exact) mass is 179 g/mol. The van der Waals surface area contributed by atoms with Crippen LogP contribution in [-0.2, 0) is 0 Å². The summed E-state index contributed by atoms with van der Waals surface area (Å²) in [6.07, 6.45) is 1.38. The van der Waals surface area contributed by atoms with Crippen molar-refractivity contribution in [3.05, 3.63) is 18.5 Å². The fraction of sp³-hybridized carbons (Fsp3) is 0.222. The lowest BCUT2D eigenvalue weighted by molar-refractivity contribution is 0.353. The van der Waals surface area contributed by atoms with E-state index in [2.05, 4.69) is 4.98 Å². The van der Waals surface area contributed by atoms with Crippen LogP contribution in [0.2, 0.25) is 0 Å². The highest BCUT2D eigenvalue weighted by molar-refractivity contribution is 5.82. The van der Waals surface area contributed by atoms with Crippen molar-refractivity contribution in [2.45, 2.75) is 0 Å². The van der Waals surface area contributed by atoms with Crippen molar-refractivity contribution in [2.24, 2.45) is 0 Å². The Balaban J connectivity index is 2.74. The van der Waals surface area contributed by atoms with Gasteiger partial charge in [0.25, 0.3) is 0 Å². The Labute approximate surface area is 75.1 Å². The van der Waals surface area contributed by atoms with Crippen molar-refractivity contribution >= 4 is 11.1 Å². The molecule has 0 fully saturated rings. The SMILES string of the molecule is COc1ccc2ncoc2c1OC. The van der Waals surface area contributed by atoms with Crippen LogP contribution in [0.25, 0.3) is 11.1 Å². The molecule has 0 radical (unpaired) electrons. The van der Waals surface area contributed by atoms with Crippen molar-refractivity contribution in [1.82, 2.24) is 4.98 Å². The standard InChI is InChI=1S/C9H9NO3/c1-11-7-4-3-6-8(9(7)12-2)13-5-10-6/h3-5H,1-2H3. The summed E-state index contributed by atoms with van der Waals surface area (Å²) in [5, 5.41) is 0. The third kappa shape index (κ3) is 1.11. The van der Waals surface area contributed by atoms with Crippen LogP contribution in [0, 0.1) is 0 Å². The van der Waals surface area contributed by atoms with Crippen molar-refractivity contribution in [3.63, 3.8) is 0 Å². The summed E-state index contributed by atoms with van der Waals surface area (Å²) in [6.45, 7) is 0. The Morgan fingerprint density at radius 3 is 2.77 bits per heavy atom. The van der Waals surface area contributed by atoms with Gasteiger partial charge in [0.05, 0.1) is 14.2 Å². The zero-order valence-electron chi connectivity index (χ0n) is 7.40. The van der Waals surface area contributed by atoms with Crippen molar-refractivity contribution in [1.29, 1.82) is 0 Å². The summed E-state index contributed by atoms with van der Waals surface area (Å²) in [7, 11) is 3.15. The van der Waals surface area contributed by atoms with Gasteiger partial charge in [-0.2, -0.15) is 0 Å². The van der Waals surface area contributed by atoms with Crippen molar-refractivity contribution < 1.29 is 13.9 Å². The molecule has 0 unspecified atom stereocenters. The van der Waals surface area contributed by atoms with Gasteiger partial charge in [-0.15, -0.1) is 0 Å². The van der Waals surface area contributed by atoms with Crippen LogP contribution in [0.4, 0.5) is 0 Å². The average molecular weight is 179 g/mol. The molecule has 0 saturated heterocycles. The van der Waals surface area contributed by atoms with Crippen LogP contribution in [0.1, 0.15) is 0 Å². The quantitative estimate of drug-likeness (QED) is 0.705. The van der Waals surface area contributed by atoms with Gasteiger partial charge < -0.3 is 13.9 Å². The number of hydrogen-bond acceptors (Lipinski definition) is 4. The van der Waals surface area contributed by atoms with Gasteiger partial charge in [-0.25, -0.2) is 4.98 Å². The van der Waals surface area contributed by atoms with E-state index >= 15 is 0 Å². The summed E-state index contributed by atoms with van der Waals surface area (Å²) < 4.78 is 15.4. The minimum Gasteiger partial charge on any atom is -0.493 e. The van der Waals surface area contributed by atoms with Gasteiger partial charge in [-0.1, -0.05) is 0 Å². The van der Waals surface area contributed by atoms with Crippen LogP contribution >= 0.6 is 0 Å². The lowest BCUT2D eigenvalue weighted by atomic mass is 10.3. The molecule has 1 aromatic heterocycles. The fourth-order valence-corrected chi connectivity index (χ4v) is 1.24. The highest BCUT2D eigenvalue weighted by Crippen LogP contribution is 2.34.